The first-order chi connectivity index (χ1) is 29.3. The van der Waals surface area contributed by atoms with Crippen LogP contribution < -0.4 is 5.32 Å². The Hall–Kier alpha value is -4.68. The molecular formula is C45H53NO15S. The van der Waals surface area contributed by atoms with Gasteiger partial charge in [-0.05, 0) is 80.7 Å². The average Bonchev–Trinajstić information content (AvgIpc) is 3.93. The van der Waals surface area contributed by atoms with Crippen LogP contribution in [0.25, 0.3) is 0 Å². The van der Waals surface area contributed by atoms with Gasteiger partial charge in [-0.25, -0.2) is 14.4 Å². The van der Waals surface area contributed by atoms with Crippen molar-refractivity contribution < 1.29 is 72.5 Å². The van der Waals surface area contributed by atoms with E-state index in [0.29, 0.717) is 30.6 Å². The second-order valence-corrected chi connectivity index (χ2v) is 19.3. The number of hydrogen-bond acceptors (Lipinski definition) is 16. The summed E-state index contributed by atoms with van der Waals surface area (Å²) >= 11 is 1.17. The summed E-state index contributed by atoms with van der Waals surface area (Å²) in [6.07, 6.45) is -8.17. The van der Waals surface area contributed by atoms with Crippen LogP contribution >= 0.6 is 11.3 Å². The van der Waals surface area contributed by atoms with Gasteiger partial charge in [0.1, 0.15) is 36.1 Å². The number of amides is 1. The summed E-state index contributed by atoms with van der Waals surface area (Å²) in [5, 5.41) is 41.9. The van der Waals surface area contributed by atoms with Crippen molar-refractivity contribution in [3.05, 3.63) is 69.4 Å². The van der Waals surface area contributed by atoms with Gasteiger partial charge in [-0.3, -0.25) is 14.4 Å². The van der Waals surface area contributed by atoms with E-state index in [1.165, 1.54) is 30.4 Å². The molecule has 4 saturated carbocycles. The molecule has 1 amide bonds. The maximum atomic E-state index is 15.7. The fraction of sp³-hybridized carbons (Fsp3) is 0.600. The number of carbonyl (C=O) groups excluding carboxylic acids is 6. The summed E-state index contributed by atoms with van der Waals surface area (Å²) < 4.78 is 36.1. The minimum absolute atomic E-state index is 0.0377. The molecule has 5 fully saturated rings. The van der Waals surface area contributed by atoms with Crippen molar-refractivity contribution in [2.24, 2.45) is 22.7 Å². The van der Waals surface area contributed by atoms with Crippen molar-refractivity contribution in [1.29, 1.82) is 0 Å². The number of fused-ring (bicyclic) bond motifs is 5. The molecule has 334 valence electrons. The standard InChI is InChI=1S/C45H53NO15S/c1-22-27(58-40(53)33(49)32(28-15-10-18-62-28)46-41(54)57-26-13-9-14-26)20-45(55)37(60-39(52)24-11-7-6-8-12-24)35-43(5,29(48)19-30-44(35,21-56-30)61-23(2)47)36(50)34(31(22)42(45,3)4)59-38(51)25-16-17-25/h6-8,10-12,15,18,25-27,29-30,32-35,37,48-49,55H,9,13-14,16-17,19-21H2,1-5H3,(H,46,54)/t27-,29-,30+,32-,33+,34+,35-,37-,43+,44-,45+/m0/s1. The van der Waals surface area contributed by atoms with E-state index in [4.69, 9.17) is 28.4 Å². The van der Waals surface area contributed by atoms with Crippen LogP contribution in [-0.4, -0.2) is 112 Å². The Balaban J connectivity index is 1.27. The number of alkyl carbamates (subject to hydrolysis) is 1. The van der Waals surface area contributed by atoms with Gasteiger partial charge >= 0.3 is 30.0 Å². The zero-order chi connectivity index (χ0) is 44.5. The van der Waals surface area contributed by atoms with Gasteiger partial charge in [-0.1, -0.05) is 38.1 Å². The molecule has 16 nitrogen and oxygen atoms in total. The highest BCUT2D eigenvalue weighted by molar-refractivity contribution is 7.10. The van der Waals surface area contributed by atoms with Crippen molar-refractivity contribution in [1.82, 2.24) is 5.32 Å². The molecule has 0 unspecified atom stereocenters. The molecule has 1 aromatic carbocycles. The molecule has 5 aliphatic carbocycles. The highest BCUT2D eigenvalue weighted by Crippen LogP contribution is 2.64. The maximum absolute atomic E-state index is 15.7. The highest BCUT2D eigenvalue weighted by atomic mass is 32.1. The van der Waals surface area contributed by atoms with Crippen LogP contribution in [0.4, 0.5) is 4.79 Å². The highest BCUT2D eigenvalue weighted by Gasteiger charge is 2.78. The van der Waals surface area contributed by atoms with Gasteiger partial charge in [0.15, 0.2) is 23.6 Å². The molecule has 2 aromatic rings. The first-order valence-corrected chi connectivity index (χ1v) is 22.0. The summed E-state index contributed by atoms with van der Waals surface area (Å²) in [6.45, 7) is 7.03. The molecule has 0 spiro atoms. The molecule has 0 radical (unpaired) electrons. The van der Waals surface area contributed by atoms with Crippen LogP contribution in [0.1, 0.15) is 101 Å². The molecule has 1 aliphatic heterocycles. The molecule has 2 bridgehead atoms. The maximum Gasteiger partial charge on any atom is 0.408 e. The number of ether oxygens (including phenoxy) is 6. The summed E-state index contributed by atoms with van der Waals surface area (Å²) in [6, 6.07) is 9.88. The Morgan fingerprint density at radius 3 is 2.24 bits per heavy atom. The summed E-state index contributed by atoms with van der Waals surface area (Å²) in [5.74, 6) is -6.45. The van der Waals surface area contributed by atoms with Crippen molar-refractivity contribution in [3.8, 4) is 0 Å². The van der Waals surface area contributed by atoms with E-state index < -0.39 is 119 Å². The zero-order valence-electron chi connectivity index (χ0n) is 35.2. The predicted octanol–water partition coefficient (Wildman–Crippen LogP) is 4.04. The number of benzene rings is 1. The Kier molecular flexibility index (Phi) is 11.4. The fourth-order valence-corrected chi connectivity index (χ4v) is 11.1. The van der Waals surface area contributed by atoms with E-state index in [1.54, 1.807) is 56.5 Å². The lowest BCUT2D eigenvalue weighted by Crippen LogP contribution is -2.82. The number of hydrogen-bond donors (Lipinski definition) is 4. The number of aliphatic hydroxyl groups is 3. The number of Topliss-reactive ketones (excluding diaryl/α,β-unsaturated/α-hetero) is 1. The van der Waals surface area contributed by atoms with Crippen LogP contribution in [0, 0.1) is 22.7 Å². The smallest absolute Gasteiger partial charge is 0.408 e. The van der Waals surface area contributed by atoms with Crippen LogP contribution in [0.3, 0.4) is 0 Å². The van der Waals surface area contributed by atoms with E-state index in [0.717, 1.165) is 13.3 Å². The van der Waals surface area contributed by atoms with Gasteiger partial charge in [0.05, 0.1) is 35.5 Å². The number of rotatable bonds is 11. The first kappa shape index (κ1) is 43.9. The monoisotopic (exact) mass is 879 g/mol. The third-order valence-corrected chi connectivity index (χ3v) is 15.3. The minimum Gasteiger partial charge on any atom is -0.456 e. The summed E-state index contributed by atoms with van der Waals surface area (Å²) in [5.41, 5.74) is -7.49. The van der Waals surface area contributed by atoms with Crippen LogP contribution in [-0.2, 0) is 47.6 Å². The van der Waals surface area contributed by atoms with Gasteiger partial charge in [0, 0.05) is 30.1 Å². The van der Waals surface area contributed by atoms with E-state index in [9.17, 15) is 39.3 Å². The Labute approximate surface area is 362 Å². The van der Waals surface area contributed by atoms with Crippen molar-refractivity contribution in [2.75, 3.05) is 6.61 Å². The minimum atomic E-state index is -2.37. The molecule has 1 aromatic heterocycles. The molecule has 1 saturated heterocycles. The van der Waals surface area contributed by atoms with Crippen molar-refractivity contribution in [3.63, 3.8) is 0 Å². The van der Waals surface area contributed by atoms with Crippen molar-refractivity contribution >= 4 is 47.1 Å². The van der Waals surface area contributed by atoms with Crippen LogP contribution in [0.15, 0.2) is 59.0 Å². The number of thiophene rings is 1. The van der Waals surface area contributed by atoms with Gasteiger partial charge in [-0.15, -0.1) is 11.3 Å². The SMILES string of the molecule is CC(=O)O[C@@]12CO[C@@H]1C[C@H](O)[C@@]1(C)C(=O)[C@H](OC(=O)C3CC3)C3=C(C)[C@@H](OC(=O)[C@H](O)[C@@H](NC(=O)OC4CCC4)c4cccs4)C[C@@](O)([C@@H](OC(=O)c4ccccc4)[C@H]21)C3(C)C. The Morgan fingerprint density at radius 1 is 0.952 bits per heavy atom. The normalized spacial score (nSPS) is 34.5. The Bertz CT molecular complexity index is 2150. The van der Waals surface area contributed by atoms with Gasteiger partial charge in [0.2, 0.25) is 0 Å². The lowest BCUT2D eigenvalue weighted by molar-refractivity contribution is -0.346. The topological polar surface area (TPSA) is 231 Å². The summed E-state index contributed by atoms with van der Waals surface area (Å²) in [4.78, 5) is 84.4. The largest absolute Gasteiger partial charge is 0.456 e. The molecule has 4 N–H and O–H groups in total. The second-order valence-electron chi connectivity index (χ2n) is 18.3. The number of esters is 4. The molecular weight excluding hydrogens is 827 g/mol. The Morgan fingerprint density at radius 2 is 1.66 bits per heavy atom. The third kappa shape index (κ3) is 7.22. The van der Waals surface area contributed by atoms with Crippen LogP contribution in [0.5, 0.6) is 0 Å². The zero-order valence-corrected chi connectivity index (χ0v) is 36.0. The quantitative estimate of drug-likeness (QED) is 0.142. The second kappa shape index (κ2) is 16.1. The van der Waals surface area contributed by atoms with Gasteiger partial charge < -0.3 is 49.1 Å². The summed E-state index contributed by atoms with van der Waals surface area (Å²) in [7, 11) is 0. The van der Waals surface area contributed by atoms with Gasteiger partial charge in [-0.2, -0.15) is 0 Å². The lowest BCUT2D eigenvalue weighted by atomic mass is 9.44. The third-order valence-electron chi connectivity index (χ3n) is 14.3. The number of aliphatic hydroxyl groups excluding tert-OH is 2. The molecule has 2 heterocycles. The molecule has 17 heteroatoms. The average molecular weight is 880 g/mol. The lowest BCUT2D eigenvalue weighted by Gasteiger charge is -2.67. The number of carbonyl (C=O) groups is 6. The van der Waals surface area contributed by atoms with Crippen molar-refractivity contribution in [2.45, 2.75) is 140 Å². The molecule has 62 heavy (non-hydrogen) atoms. The van der Waals surface area contributed by atoms with E-state index in [1.807, 2.05) is 0 Å². The van der Waals surface area contributed by atoms with E-state index in [-0.39, 0.29) is 35.8 Å². The predicted molar refractivity (Wildman–Crippen MR) is 216 cm³/mol. The molecule has 6 aliphatic rings. The van der Waals surface area contributed by atoms with Crippen LogP contribution in [0.2, 0.25) is 0 Å². The molecule has 11 atom stereocenters. The van der Waals surface area contributed by atoms with Gasteiger partial charge in [0.25, 0.3) is 0 Å². The van der Waals surface area contributed by atoms with E-state index in [2.05, 4.69) is 5.32 Å². The van der Waals surface area contributed by atoms with E-state index >= 15 is 4.79 Å². The molecule has 8 rings (SSSR count). The number of nitrogens with one attached hydrogen (secondary N) is 1. The fourth-order valence-electron chi connectivity index (χ4n) is 10.3. The number of ketones is 1. The first-order valence-electron chi connectivity index (χ1n) is 21.2.